The van der Waals surface area contributed by atoms with Crippen LogP contribution in [-0.2, 0) is 9.53 Å². The summed E-state index contributed by atoms with van der Waals surface area (Å²) in [6.45, 7) is 1.41. The van der Waals surface area contributed by atoms with E-state index in [0.717, 1.165) is 6.08 Å². The Bertz CT molecular complexity index is 671. The Kier molecular flexibility index (Phi) is 5.01. The molecule has 1 heterocycles. The van der Waals surface area contributed by atoms with Gasteiger partial charge in [0.1, 0.15) is 21.5 Å². The molecule has 0 spiro atoms. The SMILES string of the molecule is CCOC(=O)C1=Cc2cc(OC)c(Cl)c(Cl)c2OC1C(F)(F)F. The van der Waals surface area contributed by atoms with E-state index >= 15 is 0 Å². The topological polar surface area (TPSA) is 44.8 Å². The second kappa shape index (κ2) is 6.49. The highest BCUT2D eigenvalue weighted by atomic mass is 35.5. The van der Waals surface area contributed by atoms with E-state index in [2.05, 4.69) is 4.74 Å². The van der Waals surface area contributed by atoms with Gasteiger partial charge in [-0.05, 0) is 19.1 Å². The fourth-order valence-electron chi connectivity index (χ4n) is 2.03. The van der Waals surface area contributed by atoms with Crippen LogP contribution in [0.3, 0.4) is 0 Å². The van der Waals surface area contributed by atoms with Crippen LogP contribution in [0.4, 0.5) is 13.2 Å². The molecule has 0 fully saturated rings. The average molecular weight is 371 g/mol. The van der Waals surface area contributed by atoms with E-state index in [4.69, 9.17) is 32.7 Å². The van der Waals surface area contributed by atoms with E-state index in [9.17, 15) is 18.0 Å². The van der Waals surface area contributed by atoms with Gasteiger partial charge in [-0.25, -0.2) is 4.79 Å². The molecule has 9 heteroatoms. The van der Waals surface area contributed by atoms with Crippen LogP contribution < -0.4 is 9.47 Å². The first-order valence-electron chi connectivity index (χ1n) is 6.38. The van der Waals surface area contributed by atoms with E-state index in [0.29, 0.717) is 0 Å². The third-order valence-electron chi connectivity index (χ3n) is 3.01. The Labute approximate surface area is 139 Å². The van der Waals surface area contributed by atoms with Crippen LogP contribution in [0.15, 0.2) is 11.6 Å². The Morgan fingerprint density at radius 2 is 2.00 bits per heavy atom. The van der Waals surface area contributed by atoms with Crippen molar-refractivity contribution < 1.29 is 32.2 Å². The number of halogens is 5. The minimum absolute atomic E-state index is 0.0711. The van der Waals surface area contributed by atoms with E-state index in [-0.39, 0.29) is 33.7 Å². The lowest BCUT2D eigenvalue weighted by Crippen LogP contribution is -2.40. The number of methoxy groups -OCH3 is 1. The molecule has 126 valence electrons. The van der Waals surface area contributed by atoms with Gasteiger partial charge in [0, 0.05) is 5.56 Å². The Morgan fingerprint density at radius 1 is 1.35 bits per heavy atom. The monoisotopic (exact) mass is 370 g/mol. The molecule has 0 saturated heterocycles. The molecule has 2 rings (SSSR count). The summed E-state index contributed by atoms with van der Waals surface area (Å²) in [5.41, 5.74) is -0.535. The molecular formula is C14H11Cl2F3O4. The van der Waals surface area contributed by atoms with Crippen LogP contribution in [0.25, 0.3) is 6.08 Å². The van der Waals surface area contributed by atoms with Crippen molar-refractivity contribution in [2.75, 3.05) is 13.7 Å². The zero-order valence-corrected chi connectivity index (χ0v) is 13.5. The molecule has 0 bridgehead atoms. The van der Waals surface area contributed by atoms with Crippen LogP contribution >= 0.6 is 23.2 Å². The second-order valence-corrected chi connectivity index (χ2v) is 5.24. The van der Waals surface area contributed by atoms with E-state index < -0.39 is 23.8 Å². The zero-order chi connectivity index (χ0) is 17.4. The van der Waals surface area contributed by atoms with Gasteiger partial charge >= 0.3 is 12.1 Å². The number of esters is 1. The molecule has 1 aliphatic heterocycles. The largest absolute Gasteiger partial charge is 0.495 e. The first-order chi connectivity index (χ1) is 10.7. The number of benzene rings is 1. The van der Waals surface area contributed by atoms with Crippen molar-refractivity contribution in [1.29, 1.82) is 0 Å². The smallest absolute Gasteiger partial charge is 0.430 e. The lowest BCUT2D eigenvalue weighted by atomic mass is 10.0. The molecule has 4 nitrogen and oxygen atoms in total. The summed E-state index contributed by atoms with van der Waals surface area (Å²) in [5, 5.41) is -0.309. The Balaban J connectivity index is 2.62. The van der Waals surface area contributed by atoms with Gasteiger partial charge in [0.05, 0.1) is 19.3 Å². The summed E-state index contributed by atoms with van der Waals surface area (Å²) in [6, 6.07) is 1.33. The van der Waals surface area contributed by atoms with Gasteiger partial charge in [-0.2, -0.15) is 13.2 Å². The average Bonchev–Trinajstić information content (AvgIpc) is 2.49. The van der Waals surface area contributed by atoms with Gasteiger partial charge in [-0.1, -0.05) is 23.2 Å². The van der Waals surface area contributed by atoms with Crippen molar-refractivity contribution in [1.82, 2.24) is 0 Å². The minimum atomic E-state index is -4.83. The summed E-state index contributed by atoms with van der Waals surface area (Å²) in [6.07, 6.45) is -6.30. The van der Waals surface area contributed by atoms with Crippen LogP contribution in [0, 0.1) is 0 Å². The maximum atomic E-state index is 13.2. The first kappa shape index (κ1) is 17.7. The number of rotatable bonds is 3. The van der Waals surface area contributed by atoms with E-state index in [1.165, 1.54) is 20.1 Å². The number of alkyl halides is 3. The molecule has 23 heavy (non-hydrogen) atoms. The van der Waals surface area contributed by atoms with Crippen molar-refractivity contribution in [3.63, 3.8) is 0 Å². The molecule has 1 atom stereocenters. The van der Waals surface area contributed by atoms with Gasteiger partial charge in [0.25, 0.3) is 0 Å². The minimum Gasteiger partial charge on any atom is -0.495 e. The van der Waals surface area contributed by atoms with Gasteiger partial charge in [-0.3, -0.25) is 0 Å². The third kappa shape index (κ3) is 3.35. The fraction of sp³-hybridized carbons (Fsp3) is 0.357. The van der Waals surface area contributed by atoms with Crippen molar-refractivity contribution in [3.8, 4) is 11.5 Å². The summed E-state index contributed by atoms with van der Waals surface area (Å²) >= 11 is 11.9. The molecular weight excluding hydrogens is 360 g/mol. The van der Waals surface area contributed by atoms with Gasteiger partial charge in [0.15, 0.2) is 0 Å². The van der Waals surface area contributed by atoms with E-state index in [1.807, 2.05) is 0 Å². The third-order valence-corrected chi connectivity index (χ3v) is 3.85. The van der Waals surface area contributed by atoms with E-state index in [1.54, 1.807) is 0 Å². The number of ether oxygens (including phenoxy) is 3. The van der Waals surface area contributed by atoms with Gasteiger partial charge in [-0.15, -0.1) is 0 Å². The summed E-state index contributed by atoms with van der Waals surface area (Å²) in [7, 11) is 1.32. The maximum Gasteiger partial charge on any atom is 0.430 e. The Hall–Kier alpha value is -1.60. The van der Waals surface area contributed by atoms with Crippen molar-refractivity contribution in [2.45, 2.75) is 19.2 Å². The zero-order valence-electron chi connectivity index (χ0n) is 12.0. The van der Waals surface area contributed by atoms with Crippen LogP contribution in [0.1, 0.15) is 12.5 Å². The number of hydrogen-bond donors (Lipinski definition) is 0. The van der Waals surface area contributed by atoms with Crippen molar-refractivity contribution >= 4 is 35.2 Å². The molecule has 0 aromatic heterocycles. The van der Waals surface area contributed by atoms with Crippen LogP contribution in [-0.4, -0.2) is 32.0 Å². The molecule has 1 unspecified atom stereocenters. The molecule has 0 amide bonds. The van der Waals surface area contributed by atoms with Crippen LogP contribution in [0.5, 0.6) is 11.5 Å². The number of carbonyl (C=O) groups excluding carboxylic acids is 1. The lowest BCUT2D eigenvalue weighted by Gasteiger charge is -2.28. The lowest BCUT2D eigenvalue weighted by molar-refractivity contribution is -0.187. The highest BCUT2D eigenvalue weighted by molar-refractivity contribution is 6.44. The normalized spacial score (nSPS) is 17.0. The molecule has 0 aliphatic carbocycles. The maximum absolute atomic E-state index is 13.2. The summed E-state index contributed by atoms with van der Waals surface area (Å²) in [5.74, 6) is -1.25. The fourth-order valence-corrected chi connectivity index (χ4v) is 2.49. The summed E-state index contributed by atoms with van der Waals surface area (Å²) < 4.78 is 54.1. The summed E-state index contributed by atoms with van der Waals surface area (Å²) in [4.78, 5) is 11.8. The highest BCUT2D eigenvalue weighted by Crippen LogP contribution is 2.47. The molecule has 1 aromatic carbocycles. The van der Waals surface area contributed by atoms with Gasteiger partial charge < -0.3 is 14.2 Å². The van der Waals surface area contributed by atoms with Crippen molar-refractivity contribution in [3.05, 3.63) is 27.2 Å². The highest BCUT2D eigenvalue weighted by Gasteiger charge is 2.49. The molecule has 1 aliphatic rings. The number of hydrogen-bond acceptors (Lipinski definition) is 4. The quantitative estimate of drug-likeness (QED) is 0.745. The van der Waals surface area contributed by atoms with Crippen molar-refractivity contribution in [2.24, 2.45) is 0 Å². The standard InChI is InChI=1S/C14H11Cl2F3O4/c1-3-22-13(20)7-4-6-5-8(21-2)9(15)10(16)11(6)23-12(7)14(17,18)19/h4-5,12H,3H2,1-2H3. The molecule has 0 N–H and O–H groups in total. The first-order valence-corrected chi connectivity index (χ1v) is 7.14. The Morgan fingerprint density at radius 3 is 2.52 bits per heavy atom. The number of fused-ring (bicyclic) bond motifs is 1. The number of carbonyl (C=O) groups is 1. The van der Waals surface area contributed by atoms with Crippen LogP contribution in [0.2, 0.25) is 10.0 Å². The predicted octanol–water partition coefficient (Wildman–Crippen LogP) is 4.27. The second-order valence-electron chi connectivity index (χ2n) is 4.48. The molecule has 1 aromatic rings. The van der Waals surface area contributed by atoms with Gasteiger partial charge in [0.2, 0.25) is 6.10 Å². The molecule has 0 radical (unpaired) electrons. The molecule has 0 saturated carbocycles. The predicted molar refractivity (Wildman–Crippen MR) is 78.1 cm³/mol.